The van der Waals surface area contributed by atoms with Crippen LogP contribution in [0.3, 0.4) is 0 Å². The lowest BCUT2D eigenvalue weighted by molar-refractivity contribution is -0.143. The highest BCUT2D eigenvalue weighted by molar-refractivity contribution is 5.70. The van der Waals surface area contributed by atoms with Crippen molar-refractivity contribution in [3.05, 3.63) is 102 Å². The molecule has 1 aliphatic rings. The van der Waals surface area contributed by atoms with E-state index in [4.69, 9.17) is 4.74 Å². The lowest BCUT2D eigenvalue weighted by Crippen LogP contribution is -2.39. The van der Waals surface area contributed by atoms with Crippen LogP contribution in [0.2, 0.25) is 0 Å². The molecule has 0 saturated carbocycles. The van der Waals surface area contributed by atoms with Crippen molar-refractivity contribution >= 4 is 5.97 Å². The molecule has 0 aliphatic carbocycles. The Bertz CT molecular complexity index is 950. The number of hydrogen-bond acceptors (Lipinski definition) is 3. The van der Waals surface area contributed by atoms with Crippen molar-refractivity contribution in [2.45, 2.75) is 25.5 Å². The minimum atomic E-state index is -0.683. The molecule has 1 saturated heterocycles. The van der Waals surface area contributed by atoms with Crippen LogP contribution < -0.4 is 4.74 Å². The van der Waals surface area contributed by atoms with Gasteiger partial charge >= 0.3 is 5.97 Å². The molecule has 1 aliphatic heterocycles. The van der Waals surface area contributed by atoms with Crippen LogP contribution in [0, 0.1) is 5.92 Å². The zero-order chi connectivity index (χ0) is 20.8. The maximum Gasteiger partial charge on any atom is 0.306 e. The number of para-hydroxylation sites is 1. The fourth-order valence-electron chi connectivity index (χ4n) is 4.20. The zero-order valence-corrected chi connectivity index (χ0v) is 17.0. The summed E-state index contributed by atoms with van der Waals surface area (Å²) in [6.45, 7) is 2.02. The molecule has 4 heteroatoms. The van der Waals surface area contributed by atoms with Crippen LogP contribution in [-0.2, 0) is 11.4 Å². The van der Waals surface area contributed by atoms with Crippen LogP contribution in [0.25, 0.3) is 0 Å². The number of aliphatic carboxylic acids is 1. The number of likely N-dealkylation sites (tertiary alicyclic amines) is 1. The molecule has 0 aromatic heterocycles. The highest BCUT2D eigenvalue weighted by atomic mass is 16.5. The third-order valence-corrected chi connectivity index (χ3v) is 5.81. The monoisotopic (exact) mass is 401 g/mol. The lowest BCUT2D eigenvalue weighted by atomic mass is 9.91. The Morgan fingerprint density at radius 3 is 2.17 bits per heavy atom. The van der Waals surface area contributed by atoms with Crippen molar-refractivity contribution in [3.8, 4) is 5.75 Å². The Kier molecular flexibility index (Phi) is 6.45. The average Bonchev–Trinajstić information content (AvgIpc) is 2.80. The van der Waals surface area contributed by atoms with Gasteiger partial charge in [0.15, 0.2) is 0 Å². The maximum atomic E-state index is 11.4. The predicted molar refractivity (Wildman–Crippen MR) is 117 cm³/mol. The third kappa shape index (κ3) is 4.71. The molecule has 30 heavy (non-hydrogen) atoms. The summed E-state index contributed by atoms with van der Waals surface area (Å²) in [5, 5.41) is 9.38. The largest absolute Gasteiger partial charge is 0.489 e. The molecular formula is C26H27NO3. The van der Waals surface area contributed by atoms with E-state index in [-0.39, 0.29) is 12.0 Å². The maximum absolute atomic E-state index is 11.4. The van der Waals surface area contributed by atoms with E-state index in [1.807, 2.05) is 42.5 Å². The Balaban J connectivity index is 1.62. The molecule has 1 N–H and O–H groups in total. The number of carboxylic acid groups (broad SMARTS) is 1. The van der Waals surface area contributed by atoms with E-state index in [9.17, 15) is 9.90 Å². The predicted octanol–water partition coefficient (Wildman–Crippen LogP) is 5.15. The number of nitrogens with zero attached hydrogens (tertiary/aromatic N) is 1. The summed E-state index contributed by atoms with van der Waals surface area (Å²) in [7, 11) is 0. The molecule has 0 radical (unpaired) electrons. The van der Waals surface area contributed by atoms with Crippen molar-refractivity contribution < 1.29 is 14.6 Å². The summed E-state index contributed by atoms with van der Waals surface area (Å²) >= 11 is 0. The van der Waals surface area contributed by atoms with E-state index in [1.165, 1.54) is 5.56 Å². The van der Waals surface area contributed by atoms with Crippen molar-refractivity contribution in [1.29, 1.82) is 0 Å². The van der Waals surface area contributed by atoms with E-state index < -0.39 is 5.97 Å². The molecule has 4 nitrogen and oxygen atoms in total. The highest BCUT2D eigenvalue weighted by Crippen LogP contribution is 2.37. The minimum absolute atomic E-state index is 0.0351. The van der Waals surface area contributed by atoms with Gasteiger partial charge in [-0.1, -0.05) is 78.9 Å². The quantitative estimate of drug-likeness (QED) is 0.595. The van der Waals surface area contributed by atoms with Gasteiger partial charge in [-0.25, -0.2) is 0 Å². The Morgan fingerprint density at radius 1 is 0.900 bits per heavy atom. The minimum Gasteiger partial charge on any atom is -0.489 e. The molecule has 1 fully saturated rings. The van der Waals surface area contributed by atoms with Crippen LogP contribution in [0.4, 0.5) is 0 Å². The van der Waals surface area contributed by atoms with E-state index in [1.54, 1.807) is 0 Å². The topological polar surface area (TPSA) is 49.8 Å². The summed E-state index contributed by atoms with van der Waals surface area (Å²) in [6, 6.07) is 28.8. The fourth-order valence-corrected chi connectivity index (χ4v) is 4.20. The standard InChI is InChI=1S/C26H27NO3/c28-26(29)22-15-17-27(18-16-22)25(21-11-5-2-6-12-21)23-13-7-8-14-24(23)30-19-20-9-3-1-4-10-20/h1-14,22,25H,15-19H2,(H,28,29). The molecule has 154 valence electrons. The normalized spacial score (nSPS) is 16.1. The summed E-state index contributed by atoms with van der Waals surface area (Å²) in [6.07, 6.45) is 1.34. The molecule has 3 aromatic carbocycles. The van der Waals surface area contributed by atoms with E-state index in [2.05, 4.69) is 47.4 Å². The Labute approximate surface area is 177 Å². The number of carboxylic acids is 1. The van der Waals surface area contributed by atoms with Crippen LogP contribution >= 0.6 is 0 Å². The molecule has 1 atom stereocenters. The van der Waals surface area contributed by atoms with Gasteiger partial charge in [-0.2, -0.15) is 0 Å². The fraction of sp³-hybridized carbons (Fsp3) is 0.269. The number of rotatable bonds is 7. The molecule has 0 spiro atoms. The third-order valence-electron chi connectivity index (χ3n) is 5.81. The second kappa shape index (κ2) is 9.59. The number of piperidine rings is 1. The lowest BCUT2D eigenvalue weighted by Gasteiger charge is -2.37. The molecule has 4 rings (SSSR count). The van der Waals surface area contributed by atoms with Gasteiger partial charge in [-0.3, -0.25) is 9.69 Å². The molecule has 1 heterocycles. The zero-order valence-electron chi connectivity index (χ0n) is 17.0. The van der Waals surface area contributed by atoms with Crippen LogP contribution in [-0.4, -0.2) is 29.1 Å². The van der Waals surface area contributed by atoms with Gasteiger partial charge < -0.3 is 9.84 Å². The van der Waals surface area contributed by atoms with Gasteiger partial charge in [0, 0.05) is 5.56 Å². The summed E-state index contributed by atoms with van der Waals surface area (Å²) in [4.78, 5) is 13.8. The number of ether oxygens (including phenoxy) is 1. The number of hydrogen-bond donors (Lipinski definition) is 1. The molecule has 0 amide bonds. The van der Waals surface area contributed by atoms with Gasteiger partial charge in [0.05, 0.1) is 12.0 Å². The summed E-state index contributed by atoms with van der Waals surface area (Å²) in [5.41, 5.74) is 3.45. The molecular weight excluding hydrogens is 374 g/mol. The van der Waals surface area contributed by atoms with Crippen molar-refractivity contribution in [2.24, 2.45) is 5.92 Å². The number of carbonyl (C=O) groups is 1. The summed E-state index contributed by atoms with van der Waals surface area (Å²) < 4.78 is 6.26. The van der Waals surface area contributed by atoms with Gasteiger partial charge in [0.25, 0.3) is 0 Å². The van der Waals surface area contributed by atoms with E-state index in [0.29, 0.717) is 19.4 Å². The first-order valence-corrected chi connectivity index (χ1v) is 10.5. The smallest absolute Gasteiger partial charge is 0.306 e. The first kappa shape index (κ1) is 20.2. The van der Waals surface area contributed by atoms with E-state index in [0.717, 1.165) is 30.0 Å². The number of benzene rings is 3. The first-order chi connectivity index (χ1) is 14.7. The summed E-state index contributed by atoms with van der Waals surface area (Å²) in [5.74, 6) is -0.0599. The van der Waals surface area contributed by atoms with Gasteiger partial charge in [0.1, 0.15) is 12.4 Å². The van der Waals surface area contributed by atoms with Crippen LogP contribution in [0.15, 0.2) is 84.9 Å². The first-order valence-electron chi connectivity index (χ1n) is 10.5. The molecule has 1 unspecified atom stereocenters. The second-order valence-corrected chi connectivity index (χ2v) is 7.77. The van der Waals surface area contributed by atoms with Gasteiger partial charge in [-0.15, -0.1) is 0 Å². The highest BCUT2D eigenvalue weighted by Gasteiger charge is 2.31. The van der Waals surface area contributed by atoms with Gasteiger partial charge in [-0.05, 0) is 43.1 Å². The van der Waals surface area contributed by atoms with Crippen LogP contribution in [0.5, 0.6) is 5.75 Å². The van der Waals surface area contributed by atoms with Crippen molar-refractivity contribution in [2.75, 3.05) is 13.1 Å². The van der Waals surface area contributed by atoms with Crippen molar-refractivity contribution in [1.82, 2.24) is 4.90 Å². The average molecular weight is 402 g/mol. The SMILES string of the molecule is O=C(O)C1CCN(C(c2ccccc2)c2ccccc2OCc2ccccc2)CC1. The van der Waals surface area contributed by atoms with Crippen LogP contribution in [0.1, 0.15) is 35.6 Å². The molecule has 0 bridgehead atoms. The Hall–Kier alpha value is -3.11. The molecule has 3 aromatic rings. The second-order valence-electron chi connectivity index (χ2n) is 7.77. The Morgan fingerprint density at radius 2 is 1.50 bits per heavy atom. The van der Waals surface area contributed by atoms with Gasteiger partial charge in [0.2, 0.25) is 0 Å². The van der Waals surface area contributed by atoms with E-state index >= 15 is 0 Å². The van der Waals surface area contributed by atoms with Crippen molar-refractivity contribution in [3.63, 3.8) is 0 Å².